The minimum atomic E-state index is 0.921. The van der Waals surface area contributed by atoms with E-state index in [1.165, 1.54) is 33.8 Å². The van der Waals surface area contributed by atoms with Crippen LogP contribution in [-0.2, 0) is 6.54 Å². The van der Waals surface area contributed by atoms with E-state index in [-0.39, 0.29) is 0 Å². The van der Waals surface area contributed by atoms with Gasteiger partial charge in [-0.2, -0.15) is 0 Å². The molecule has 2 aromatic rings. The Morgan fingerprint density at radius 1 is 1.00 bits per heavy atom. The number of nitrogens with zero attached hydrogens (tertiary/aromatic N) is 1. The van der Waals surface area contributed by atoms with Crippen molar-refractivity contribution in [2.75, 3.05) is 7.05 Å². The van der Waals surface area contributed by atoms with Crippen molar-refractivity contribution >= 4 is 0 Å². The second kappa shape index (κ2) is 4.99. The van der Waals surface area contributed by atoms with Gasteiger partial charge in [-0.25, -0.2) is 0 Å². The summed E-state index contributed by atoms with van der Waals surface area (Å²) in [7, 11) is 1.99. The third-order valence-corrected chi connectivity index (χ3v) is 3.65. The van der Waals surface area contributed by atoms with E-state index in [1.807, 2.05) is 7.05 Å². The molecule has 0 radical (unpaired) electrons. The zero-order valence-electron chi connectivity index (χ0n) is 12.0. The molecule has 2 rings (SSSR count). The van der Waals surface area contributed by atoms with Crippen LogP contribution in [0.5, 0.6) is 0 Å². The molecule has 0 aliphatic heterocycles. The van der Waals surface area contributed by atoms with Crippen molar-refractivity contribution in [1.82, 2.24) is 9.88 Å². The summed E-state index contributed by atoms with van der Waals surface area (Å²) in [6.45, 7) is 9.60. The Kier molecular flexibility index (Phi) is 3.58. The van der Waals surface area contributed by atoms with Gasteiger partial charge < -0.3 is 9.88 Å². The fraction of sp³-hybridized carbons (Fsp3) is 0.375. The van der Waals surface area contributed by atoms with E-state index in [4.69, 9.17) is 0 Å². The topological polar surface area (TPSA) is 17.0 Å². The predicted molar refractivity (Wildman–Crippen MR) is 77.5 cm³/mol. The van der Waals surface area contributed by atoms with Crippen molar-refractivity contribution in [2.45, 2.75) is 34.2 Å². The Hall–Kier alpha value is -1.54. The van der Waals surface area contributed by atoms with Crippen LogP contribution < -0.4 is 5.32 Å². The zero-order chi connectivity index (χ0) is 13.3. The smallest absolute Gasteiger partial charge is 0.0457 e. The van der Waals surface area contributed by atoms with Gasteiger partial charge in [0.25, 0.3) is 0 Å². The number of rotatable bonds is 3. The molecular formula is C16H22N2. The first kappa shape index (κ1) is 12.9. The van der Waals surface area contributed by atoms with Crippen LogP contribution in [0.4, 0.5) is 0 Å². The molecule has 18 heavy (non-hydrogen) atoms. The number of hydrogen-bond donors (Lipinski definition) is 1. The van der Waals surface area contributed by atoms with Crippen LogP contribution in [0.2, 0.25) is 0 Å². The lowest BCUT2D eigenvalue weighted by molar-refractivity contribution is 0.806. The van der Waals surface area contributed by atoms with Crippen LogP contribution in [0, 0.1) is 27.7 Å². The van der Waals surface area contributed by atoms with Crippen molar-refractivity contribution in [3.05, 3.63) is 52.3 Å². The van der Waals surface area contributed by atoms with Crippen LogP contribution in [0.3, 0.4) is 0 Å². The van der Waals surface area contributed by atoms with Crippen LogP contribution >= 0.6 is 0 Å². The van der Waals surface area contributed by atoms with E-state index >= 15 is 0 Å². The van der Waals surface area contributed by atoms with Gasteiger partial charge in [0.15, 0.2) is 0 Å². The predicted octanol–water partition coefficient (Wildman–Crippen LogP) is 3.43. The van der Waals surface area contributed by atoms with Crippen LogP contribution in [-0.4, -0.2) is 11.6 Å². The van der Waals surface area contributed by atoms with E-state index in [1.54, 1.807) is 0 Å². The van der Waals surface area contributed by atoms with Gasteiger partial charge in [0.2, 0.25) is 0 Å². The van der Waals surface area contributed by atoms with Crippen LogP contribution in [0.25, 0.3) is 5.69 Å². The molecule has 0 bridgehead atoms. The summed E-state index contributed by atoms with van der Waals surface area (Å²) in [6.07, 6.45) is 0. The zero-order valence-corrected chi connectivity index (χ0v) is 12.0. The van der Waals surface area contributed by atoms with Crippen molar-refractivity contribution in [3.8, 4) is 5.69 Å². The standard InChI is InChI=1S/C16H22N2/c1-11-6-7-16(8-12(11)2)18-13(3)9-15(10-17-5)14(18)4/h6-9,17H,10H2,1-5H3. The summed E-state index contributed by atoms with van der Waals surface area (Å²) in [5.74, 6) is 0. The van der Waals surface area contributed by atoms with Gasteiger partial charge >= 0.3 is 0 Å². The Labute approximate surface area is 110 Å². The molecule has 0 atom stereocenters. The molecular weight excluding hydrogens is 220 g/mol. The Balaban J connectivity index is 2.53. The van der Waals surface area contributed by atoms with Gasteiger partial charge in [-0.15, -0.1) is 0 Å². The minimum Gasteiger partial charge on any atom is -0.318 e. The van der Waals surface area contributed by atoms with Crippen molar-refractivity contribution < 1.29 is 0 Å². The second-order valence-corrected chi connectivity index (χ2v) is 5.03. The largest absolute Gasteiger partial charge is 0.318 e. The molecule has 1 N–H and O–H groups in total. The summed E-state index contributed by atoms with van der Waals surface area (Å²) >= 11 is 0. The Morgan fingerprint density at radius 2 is 1.72 bits per heavy atom. The number of nitrogens with one attached hydrogen (secondary N) is 1. The number of aromatic nitrogens is 1. The molecule has 0 saturated heterocycles. The van der Waals surface area contributed by atoms with Gasteiger partial charge in [0.1, 0.15) is 0 Å². The number of benzene rings is 1. The monoisotopic (exact) mass is 242 g/mol. The summed E-state index contributed by atoms with van der Waals surface area (Å²) < 4.78 is 2.33. The average molecular weight is 242 g/mol. The van der Waals surface area contributed by atoms with Crippen molar-refractivity contribution in [2.24, 2.45) is 0 Å². The maximum absolute atomic E-state index is 3.22. The first-order valence-electron chi connectivity index (χ1n) is 6.44. The van der Waals surface area contributed by atoms with E-state index in [9.17, 15) is 0 Å². The lowest BCUT2D eigenvalue weighted by Crippen LogP contribution is -2.06. The maximum atomic E-state index is 3.22. The first-order chi connectivity index (χ1) is 8.54. The third kappa shape index (κ3) is 2.21. The van der Waals surface area contributed by atoms with Gasteiger partial charge in [0, 0.05) is 23.6 Å². The van der Waals surface area contributed by atoms with E-state index in [0.29, 0.717) is 0 Å². The normalized spacial score (nSPS) is 10.9. The fourth-order valence-electron chi connectivity index (χ4n) is 2.46. The van der Waals surface area contributed by atoms with Gasteiger partial charge in [-0.05, 0) is 69.6 Å². The molecule has 0 spiro atoms. The molecule has 0 fully saturated rings. The van der Waals surface area contributed by atoms with Crippen LogP contribution in [0.1, 0.15) is 28.1 Å². The fourth-order valence-corrected chi connectivity index (χ4v) is 2.46. The highest BCUT2D eigenvalue weighted by Crippen LogP contribution is 2.22. The maximum Gasteiger partial charge on any atom is 0.0457 e. The summed E-state index contributed by atoms with van der Waals surface area (Å²) in [6, 6.07) is 8.92. The molecule has 1 aromatic heterocycles. The first-order valence-corrected chi connectivity index (χ1v) is 6.44. The van der Waals surface area contributed by atoms with Crippen molar-refractivity contribution in [3.63, 3.8) is 0 Å². The highest BCUT2D eigenvalue weighted by molar-refractivity contribution is 5.45. The number of hydrogen-bond acceptors (Lipinski definition) is 1. The Morgan fingerprint density at radius 3 is 2.33 bits per heavy atom. The lowest BCUT2D eigenvalue weighted by atomic mass is 10.1. The van der Waals surface area contributed by atoms with Gasteiger partial charge in [-0.3, -0.25) is 0 Å². The minimum absolute atomic E-state index is 0.921. The summed E-state index contributed by atoms with van der Waals surface area (Å²) in [4.78, 5) is 0. The third-order valence-electron chi connectivity index (χ3n) is 3.65. The second-order valence-electron chi connectivity index (χ2n) is 5.03. The summed E-state index contributed by atoms with van der Waals surface area (Å²) in [5, 5.41) is 3.22. The molecule has 0 aliphatic carbocycles. The molecule has 96 valence electrons. The molecule has 0 saturated carbocycles. The number of aryl methyl sites for hydroxylation is 3. The highest BCUT2D eigenvalue weighted by atomic mass is 15.0. The van der Waals surface area contributed by atoms with Crippen LogP contribution in [0.15, 0.2) is 24.3 Å². The summed E-state index contributed by atoms with van der Waals surface area (Å²) in [5.41, 5.74) is 7.93. The molecule has 2 heteroatoms. The van der Waals surface area contributed by atoms with Crippen molar-refractivity contribution in [1.29, 1.82) is 0 Å². The molecule has 1 heterocycles. The molecule has 2 nitrogen and oxygen atoms in total. The molecule has 0 aliphatic rings. The van der Waals surface area contributed by atoms with E-state index in [2.05, 4.69) is 61.8 Å². The molecule has 0 unspecified atom stereocenters. The van der Waals surface area contributed by atoms with Gasteiger partial charge in [-0.1, -0.05) is 6.07 Å². The quantitative estimate of drug-likeness (QED) is 0.872. The van der Waals surface area contributed by atoms with E-state index in [0.717, 1.165) is 6.54 Å². The SMILES string of the molecule is CNCc1cc(C)n(-c2ccc(C)c(C)c2)c1C. The Bertz CT molecular complexity index is 565. The molecule has 0 amide bonds. The molecule has 1 aromatic carbocycles. The lowest BCUT2D eigenvalue weighted by Gasteiger charge is -2.12. The van der Waals surface area contributed by atoms with Gasteiger partial charge in [0.05, 0.1) is 0 Å². The average Bonchev–Trinajstić information content (AvgIpc) is 2.59. The van der Waals surface area contributed by atoms with E-state index < -0.39 is 0 Å². The highest BCUT2D eigenvalue weighted by Gasteiger charge is 2.10.